The largest absolute Gasteiger partial charge is 0.354 e. The molecule has 1 aromatic carbocycles. The van der Waals surface area contributed by atoms with Gasteiger partial charge in [-0.1, -0.05) is 11.2 Å². The number of imide groups is 1. The number of rotatable bonds is 3. The van der Waals surface area contributed by atoms with E-state index in [1.54, 1.807) is 0 Å². The Morgan fingerprint density at radius 2 is 2.00 bits per heavy atom. The fraction of sp³-hybridized carbons (Fsp3) is 0.526. The van der Waals surface area contributed by atoms with Gasteiger partial charge in [-0.2, -0.15) is 0 Å². The Kier molecular flexibility index (Phi) is 3.91. The summed E-state index contributed by atoms with van der Waals surface area (Å²) in [6.07, 6.45) is 2.79. The van der Waals surface area contributed by atoms with E-state index in [0.717, 1.165) is 25.0 Å². The molecule has 2 unspecified atom stereocenters. The van der Waals surface area contributed by atoms with Gasteiger partial charge in [0.1, 0.15) is 0 Å². The number of aromatic nitrogens is 1. The van der Waals surface area contributed by atoms with Gasteiger partial charge in [-0.3, -0.25) is 19.9 Å². The molecule has 142 valence electrons. The minimum absolute atomic E-state index is 0.254. The van der Waals surface area contributed by atoms with Crippen LogP contribution in [0.1, 0.15) is 24.8 Å². The van der Waals surface area contributed by atoms with Crippen LogP contribution in [0.2, 0.25) is 0 Å². The quantitative estimate of drug-likeness (QED) is 0.884. The Balaban J connectivity index is 1.42. The molecular formula is C19H23N5O3. The lowest BCUT2D eigenvalue weighted by Crippen LogP contribution is -2.51. The van der Waals surface area contributed by atoms with Crippen LogP contribution in [-0.4, -0.2) is 65.7 Å². The van der Waals surface area contributed by atoms with Crippen molar-refractivity contribution in [3.05, 3.63) is 23.8 Å². The first-order chi connectivity index (χ1) is 13.1. The number of carbonyl (C=O) groups is 2. The van der Waals surface area contributed by atoms with Crippen LogP contribution in [0.5, 0.6) is 0 Å². The number of carbonyl (C=O) groups excluding carboxylic acids is 2. The van der Waals surface area contributed by atoms with Crippen molar-refractivity contribution >= 4 is 28.7 Å². The van der Waals surface area contributed by atoms with Crippen LogP contribution in [0, 0.1) is 0 Å². The number of anilines is 1. The number of urea groups is 1. The lowest BCUT2D eigenvalue weighted by molar-refractivity contribution is -0.120. The van der Waals surface area contributed by atoms with Crippen LogP contribution in [0.15, 0.2) is 22.7 Å². The van der Waals surface area contributed by atoms with E-state index < -0.39 is 6.03 Å². The van der Waals surface area contributed by atoms with Gasteiger partial charge in [0, 0.05) is 44.7 Å². The van der Waals surface area contributed by atoms with E-state index in [4.69, 9.17) is 4.52 Å². The number of benzene rings is 1. The van der Waals surface area contributed by atoms with Crippen molar-refractivity contribution in [2.45, 2.75) is 37.9 Å². The molecule has 0 aliphatic carbocycles. The zero-order chi connectivity index (χ0) is 18.5. The maximum Gasteiger partial charge on any atom is 0.329 e. The minimum atomic E-state index is -0.441. The van der Waals surface area contributed by atoms with Gasteiger partial charge in [0.2, 0.25) is 5.91 Å². The third kappa shape index (κ3) is 2.89. The number of piperazine rings is 1. The first-order valence-electron chi connectivity index (χ1n) is 9.52. The predicted octanol–water partition coefficient (Wildman–Crippen LogP) is 1.55. The molecule has 3 amide bonds. The average molecular weight is 369 g/mol. The van der Waals surface area contributed by atoms with Crippen LogP contribution >= 0.6 is 0 Å². The van der Waals surface area contributed by atoms with Crippen LogP contribution < -0.4 is 10.2 Å². The summed E-state index contributed by atoms with van der Waals surface area (Å²) in [4.78, 5) is 30.1. The van der Waals surface area contributed by atoms with Crippen molar-refractivity contribution in [1.82, 2.24) is 20.3 Å². The molecule has 0 saturated carbocycles. The molecule has 3 saturated heterocycles. The predicted molar refractivity (Wildman–Crippen MR) is 99.4 cm³/mol. The molecule has 8 nitrogen and oxygen atoms in total. The molecule has 8 heteroatoms. The fourth-order valence-electron chi connectivity index (χ4n) is 4.70. The van der Waals surface area contributed by atoms with E-state index in [9.17, 15) is 9.59 Å². The van der Waals surface area contributed by atoms with E-state index in [-0.39, 0.29) is 12.3 Å². The maximum absolute atomic E-state index is 12.2. The summed E-state index contributed by atoms with van der Waals surface area (Å²) in [5.74, 6) is 0.230. The van der Waals surface area contributed by atoms with Gasteiger partial charge in [-0.15, -0.1) is 0 Å². The van der Waals surface area contributed by atoms with E-state index in [1.165, 1.54) is 23.3 Å². The molecule has 0 radical (unpaired) electrons. The van der Waals surface area contributed by atoms with Crippen molar-refractivity contribution in [3.8, 4) is 0 Å². The topological polar surface area (TPSA) is 81.9 Å². The smallest absolute Gasteiger partial charge is 0.329 e. The second-order valence-electron chi connectivity index (χ2n) is 7.87. The zero-order valence-corrected chi connectivity index (χ0v) is 15.4. The summed E-state index contributed by atoms with van der Waals surface area (Å²) in [6.45, 7) is 3.46. The summed E-state index contributed by atoms with van der Waals surface area (Å²) >= 11 is 0. The normalized spacial score (nSPS) is 26.8. The van der Waals surface area contributed by atoms with E-state index in [2.05, 4.69) is 39.5 Å². The van der Waals surface area contributed by atoms with Crippen LogP contribution in [0.25, 0.3) is 11.0 Å². The van der Waals surface area contributed by atoms with Gasteiger partial charge in [-0.25, -0.2) is 4.79 Å². The molecule has 2 bridgehead atoms. The summed E-state index contributed by atoms with van der Waals surface area (Å²) in [6, 6.07) is 6.86. The number of nitrogens with one attached hydrogen (secondary N) is 1. The molecule has 0 spiro atoms. The van der Waals surface area contributed by atoms with E-state index >= 15 is 0 Å². The highest BCUT2D eigenvalue weighted by atomic mass is 16.5. The molecule has 2 atom stereocenters. The molecule has 1 N–H and O–H groups in total. The molecule has 5 rings (SSSR count). The molecular weight excluding hydrogens is 346 g/mol. The number of likely N-dealkylation sites (N-methyl/N-ethyl adjacent to an activating group) is 1. The zero-order valence-electron chi connectivity index (χ0n) is 15.4. The molecule has 3 aliphatic heterocycles. The number of hydrogen-bond donors (Lipinski definition) is 1. The van der Waals surface area contributed by atoms with Gasteiger partial charge in [-0.05, 0) is 37.6 Å². The summed E-state index contributed by atoms with van der Waals surface area (Å²) in [5, 5.41) is 7.25. The Labute approximate surface area is 157 Å². The monoisotopic (exact) mass is 369 g/mol. The molecule has 27 heavy (non-hydrogen) atoms. The van der Waals surface area contributed by atoms with Crippen LogP contribution in [-0.2, 0) is 11.3 Å². The lowest BCUT2D eigenvalue weighted by Gasteiger charge is -2.39. The number of nitrogens with zero attached hydrogens (tertiary/aromatic N) is 4. The van der Waals surface area contributed by atoms with Crippen molar-refractivity contribution in [3.63, 3.8) is 0 Å². The second kappa shape index (κ2) is 6.31. The van der Waals surface area contributed by atoms with Gasteiger partial charge in [0.15, 0.2) is 11.4 Å². The van der Waals surface area contributed by atoms with Crippen molar-refractivity contribution in [2.24, 2.45) is 0 Å². The van der Waals surface area contributed by atoms with Gasteiger partial charge >= 0.3 is 6.03 Å². The van der Waals surface area contributed by atoms with Gasteiger partial charge < -0.3 is 9.42 Å². The molecule has 4 heterocycles. The van der Waals surface area contributed by atoms with Gasteiger partial charge in [0.25, 0.3) is 0 Å². The Bertz CT molecular complexity index is 896. The number of amides is 3. The lowest BCUT2D eigenvalue weighted by atomic mass is 10.1. The van der Waals surface area contributed by atoms with E-state index in [1.807, 2.05) is 6.07 Å². The maximum atomic E-state index is 12.2. The van der Waals surface area contributed by atoms with Crippen molar-refractivity contribution in [1.29, 1.82) is 0 Å². The standard InChI is InChI=1S/C19H23N5O3/c1-22-10-13-3-4-14(11-22)24(13)9-12-2-5-16-15(8-12)18(21-27-16)23-7-6-17(25)20-19(23)26/h2,5,8,13-14H,3-4,6-7,9-11H2,1H3,(H,20,25,26). The number of hydrogen-bond acceptors (Lipinski definition) is 6. The third-order valence-corrected chi connectivity index (χ3v) is 6.01. The second-order valence-corrected chi connectivity index (χ2v) is 7.87. The Morgan fingerprint density at radius 3 is 2.74 bits per heavy atom. The van der Waals surface area contributed by atoms with Crippen LogP contribution in [0.4, 0.5) is 10.6 Å². The van der Waals surface area contributed by atoms with Crippen molar-refractivity contribution in [2.75, 3.05) is 31.6 Å². The summed E-state index contributed by atoms with van der Waals surface area (Å²) in [7, 11) is 2.20. The van der Waals surface area contributed by atoms with Crippen molar-refractivity contribution < 1.29 is 14.1 Å². The molecule has 3 aliphatic rings. The number of likely N-dealkylation sites (tertiary alicyclic amines) is 1. The van der Waals surface area contributed by atoms with E-state index in [0.29, 0.717) is 30.0 Å². The highest BCUT2D eigenvalue weighted by Crippen LogP contribution is 2.33. The molecule has 3 fully saturated rings. The Hall–Kier alpha value is -2.45. The minimum Gasteiger partial charge on any atom is -0.354 e. The first kappa shape index (κ1) is 16.7. The van der Waals surface area contributed by atoms with Crippen LogP contribution in [0.3, 0.4) is 0 Å². The summed E-state index contributed by atoms with van der Waals surface area (Å²) in [5.41, 5.74) is 1.85. The summed E-state index contributed by atoms with van der Waals surface area (Å²) < 4.78 is 5.41. The number of fused-ring (bicyclic) bond motifs is 3. The Morgan fingerprint density at radius 1 is 1.22 bits per heavy atom. The highest BCUT2D eigenvalue weighted by molar-refractivity contribution is 6.08. The van der Waals surface area contributed by atoms with Gasteiger partial charge in [0.05, 0.1) is 5.39 Å². The first-order valence-corrected chi connectivity index (χ1v) is 9.52. The average Bonchev–Trinajstić information content (AvgIpc) is 3.14. The SMILES string of the molecule is CN1CC2CCC(C1)N2Cc1ccc2onc(N3CCC(=O)NC3=O)c2c1. The highest BCUT2D eigenvalue weighted by Gasteiger charge is 2.38. The molecule has 2 aromatic rings. The third-order valence-electron chi connectivity index (χ3n) is 6.01. The fourth-order valence-corrected chi connectivity index (χ4v) is 4.70. The molecule has 1 aromatic heterocycles.